The number of nitrogens with zero attached hydrogens (tertiary/aromatic N) is 2. The van der Waals surface area contributed by atoms with E-state index in [1.807, 2.05) is 36.6 Å². The first-order chi connectivity index (χ1) is 12.6. The lowest BCUT2D eigenvalue weighted by atomic mass is 10.2. The van der Waals surface area contributed by atoms with Crippen LogP contribution >= 0.6 is 34.7 Å². The van der Waals surface area contributed by atoms with E-state index in [-0.39, 0.29) is 5.91 Å². The third-order valence-corrected chi connectivity index (χ3v) is 6.52. The van der Waals surface area contributed by atoms with Crippen molar-refractivity contribution in [2.24, 2.45) is 0 Å². The molecule has 0 atom stereocenters. The number of nitrogens with one attached hydrogen (secondary N) is 1. The fourth-order valence-corrected chi connectivity index (χ4v) is 4.73. The van der Waals surface area contributed by atoms with Gasteiger partial charge in [0.05, 0.1) is 10.0 Å². The Labute approximate surface area is 168 Å². The predicted octanol–water partition coefficient (Wildman–Crippen LogP) is 4.27. The zero-order valence-electron chi connectivity index (χ0n) is 14.9. The Morgan fingerprint density at radius 3 is 2.58 bits per heavy atom. The van der Waals surface area contributed by atoms with Crippen LogP contribution in [0.1, 0.15) is 11.3 Å². The Bertz CT molecular complexity index is 729. The Balaban J connectivity index is 1.38. The smallest absolute Gasteiger partial charge is 0.225 e. The van der Waals surface area contributed by atoms with Gasteiger partial charge in [-0.15, -0.1) is 23.1 Å². The average molecular weight is 410 g/mol. The van der Waals surface area contributed by atoms with Crippen molar-refractivity contribution in [3.63, 3.8) is 0 Å². The normalized spacial score (nSPS) is 15.9. The lowest BCUT2D eigenvalue weighted by Crippen LogP contribution is -2.46. The number of halogens is 1. The molecule has 1 fully saturated rings. The van der Waals surface area contributed by atoms with Crippen LogP contribution in [0.15, 0.2) is 41.3 Å². The molecule has 7 heteroatoms. The van der Waals surface area contributed by atoms with Crippen molar-refractivity contribution in [1.29, 1.82) is 0 Å². The summed E-state index contributed by atoms with van der Waals surface area (Å²) in [5, 5.41) is 3.04. The number of carbonyl (C=O) groups excluding carboxylic acids is 1. The summed E-state index contributed by atoms with van der Waals surface area (Å²) in [5.41, 5.74) is 0.907. The minimum absolute atomic E-state index is 0.0853. The van der Waals surface area contributed by atoms with Gasteiger partial charge >= 0.3 is 0 Å². The number of benzene rings is 1. The van der Waals surface area contributed by atoms with Crippen molar-refractivity contribution in [3.05, 3.63) is 45.6 Å². The topological polar surface area (TPSA) is 35.6 Å². The summed E-state index contributed by atoms with van der Waals surface area (Å²) in [6.45, 7) is 5.86. The summed E-state index contributed by atoms with van der Waals surface area (Å²) in [6, 6.07) is 12.0. The maximum absolute atomic E-state index is 12.3. The Morgan fingerprint density at radius 1 is 1.15 bits per heavy atom. The van der Waals surface area contributed by atoms with Gasteiger partial charge in [0.25, 0.3) is 0 Å². The molecule has 2 aromatic rings. The highest BCUT2D eigenvalue weighted by molar-refractivity contribution is 7.98. The van der Waals surface area contributed by atoms with E-state index < -0.39 is 0 Å². The van der Waals surface area contributed by atoms with Crippen LogP contribution in [-0.4, -0.2) is 54.7 Å². The third kappa shape index (κ3) is 5.72. The van der Waals surface area contributed by atoms with Gasteiger partial charge in [0.15, 0.2) is 0 Å². The van der Waals surface area contributed by atoms with E-state index in [1.165, 1.54) is 4.88 Å². The molecule has 1 N–H and O–H groups in total. The molecule has 0 unspecified atom stereocenters. The molecule has 1 aromatic carbocycles. The first-order valence-electron chi connectivity index (χ1n) is 8.76. The quantitative estimate of drug-likeness (QED) is 0.692. The van der Waals surface area contributed by atoms with Crippen molar-refractivity contribution in [1.82, 2.24) is 9.80 Å². The first-order valence-corrected chi connectivity index (χ1v) is 11.2. The number of thiophene rings is 1. The molecule has 0 spiro atoms. The predicted molar refractivity (Wildman–Crippen MR) is 113 cm³/mol. The van der Waals surface area contributed by atoms with E-state index in [0.29, 0.717) is 6.42 Å². The average Bonchev–Trinajstić information content (AvgIpc) is 3.06. The lowest BCUT2D eigenvalue weighted by molar-refractivity contribution is -0.116. The molecule has 2 heterocycles. The van der Waals surface area contributed by atoms with Crippen LogP contribution in [0, 0.1) is 0 Å². The van der Waals surface area contributed by atoms with Gasteiger partial charge in [0.2, 0.25) is 5.91 Å². The molecule has 1 saturated heterocycles. The molecule has 4 nitrogen and oxygen atoms in total. The standard InChI is InChI=1S/C19H24ClN3OS2/c1-25-17-5-3-2-4-16(17)21-19(24)8-9-22-10-12-23(13-11-22)14-15-6-7-18(20)26-15/h2-7H,8-14H2,1H3,(H,21,24). The highest BCUT2D eigenvalue weighted by Gasteiger charge is 2.18. The number of carbonyl (C=O) groups is 1. The molecular weight excluding hydrogens is 386 g/mol. The summed E-state index contributed by atoms with van der Waals surface area (Å²) < 4.78 is 0.854. The van der Waals surface area contributed by atoms with E-state index in [0.717, 1.165) is 54.2 Å². The van der Waals surface area contributed by atoms with Gasteiger partial charge < -0.3 is 10.2 Å². The zero-order valence-corrected chi connectivity index (χ0v) is 17.3. The number of thioether (sulfide) groups is 1. The van der Waals surface area contributed by atoms with Gasteiger partial charge in [0, 0.05) is 55.5 Å². The van der Waals surface area contributed by atoms with Crippen LogP contribution in [-0.2, 0) is 11.3 Å². The van der Waals surface area contributed by atoms with Crippen molar-refractivity contribution < 1.29 is 4.79 Å². The number of hydrogen-bond donors (Lipinski definition) is 1. The third-order valence-electron chi connectivity index (χ3n) is 4.51. The Kier molecular flexibility index (Phi) is 7.40. The molecule has 1 aliphatic heterocycles. The molecule has 0 bridgehead atoms. The summed E-state index contributed by atoms with van der Waals surface area (Å²) in [7, 11) is 0. The van der Waals surface area contributed by atoms with E-state index in [4.69, 9.17) is 11.6 Å². The van der Waals surface area contributed by atoms with Crippen molar-refractivity contribution in [2.75, 3.05) is 44.3 Å². The fraction of sp³-hybridized carbons (Fsp3) is 0.421. The second-order valence-electron chi connectivity index (χ2n) is 6.32. The minimum Gasteiger partial charge on any atom is -0.325 e. The molecule has 0 radical (unpaired) electrons. The van der Waals surface area contributed by atoms with Crippen LogP contribution in [0.4, 0.5) is 5.69 Å². The van der Waals surface area contributed by atoms with Gasteiger partial charge in [-0.25, -0.2) is 0 Å². The van der Waals surface area contributed by atoms with Gasteiger partial charge in [-0.3, -0.25) is 9.69 Å². The van der Waals surface area contributed by atoms with Gasteiger partial charge in [-0.05, 0) is 30.5 Å². The van der Waals surface area contributed by atoms with Crippen LogP contribution in [0.3, 0.4) is 0 Å². The number of piperazine rings is 1. The highest BCUT2D eigenvalue weighted by atomic mass is 35.5. The largest absolute Gasteiger partial charge is 0.325 e. The summed E-state index contributed by atoms with van der Waals surface area (Å²) in [6.07, 6.45) is 2.55. The van der Waals surface area contributed by atoms with E-state index in [1.54, 1.807) is 23.1 Å². The molecule has 1 aromatic heterocycles. The maximum Gasteiger partial charge on any atom is 0.225 e. The highest BCUT2D eigenvalue weighted by Crippen LogP contribution is 2.25. The molecule has 1 amide bonds. The van der Waals surface area contributed by atoms with Crippen molar-refractivity contribution in [3.8, 4) is 0 Å². The fourth-order valence-electron chi connectivity index (χ4n) is 3.05. The second kappa shape index (κ2) is 9.76. The molecule has 140 valence electrons. The van der Waals surface area contributed by atoms with Gasteiger partial charge in [-0.2, -0.15) is 0 Å². The SMILES string of the molecule is CSc1ccccc1NC(=O)CCN1CCN(Cc2ccc(Cl)s2)CC1. The van der Waals surface area contributed by atoms with Crippen LogP contribution in [0.25, 0.3) is 0 Å². The summed E-state index contributed by atoms with van der Waals surface area (Å²) >= 11 is 9.31. The number of hydrogen-bond acceptors (Lipinski definition) is 5. The zero-order chi connectivity index (χ0) is 18.4. The first kappa shape index (κ1) is 19.7. The second-order valence-corrected chi connectivity index (χ2v) is 8.97. The minimum atomic E-state index is 0.0853. The molecular formula is C19H24ClN3OS2. The molecule has 26 heavy (non-hydrogen) atoms. The number of para-hydroxylation sites is 1. The van der Waals surface area contributed by atoms with E-state index >= 15 is 0 Å². The maximum atomic E-state index is 12.3. The van der Waals surface area contributed by atoms with Gasteiger partial charge in [0.1, 0.15) is 0 Å². The molecule has 0 saturated carbocycles. The number of amides is 1. The monoisotopic (exact) mass is 409 g/mol. The van der Waals surface area contributed by atoms with E-state index in [9.17, 15) is 4.79 Å². The Hall–Kier alpha value is -1.05. The van der Waals surface area contributed by atoms with Crippen LogP contribution < -0.4 is 5.32 Å². The van der Waals surface area contributed by atoms with Crippen molar-refractivity contribution in [2.45, 2.75) is 17.9 Å². The number of anilines is 1. The summed E-state index contributed by atoms with van der Waals surface area (Å²) in [5.74, 6) is 0.0853. The van der Waals surface area contributed by atoms with Crippen LogP contribution in [0.2, 0.25) is 4.34 Å². The molecule has 0 aliphatic carbocycles. The van der Waals surface area contributed by atoms with Gasteiger partial charge in [-0.1, -0.05) is 23.7 Å². The Morgan fingerprint density at radius 2 is 1.88 bits per heavy atom. The van der Waals surface area contributed by atoms with Crippen LogP contribution in [0.5, 0.6) is 0 Å². The van der Waals surface area contributed by atoms with E-state index in [2.05, 4.69) is 21.2 Å². The number of rotatable bonds is 7. The lowest BCUT2D eigenvalue weighted by Gasteiger charge is -2.34. The van der Waals surface area contributed by atoms with Crippen molar-refractivity contribution >= 4 is 46.3 Å². The summed E-state index contributed by atoms with van der Waals surface area (Å²) in [4.78, 5) is 19.5. The molecule has 3 rings (SSSR count). The molecule has 1 aliphatic rings.